The molecule has 0 atom stereocenters. The first-order valence-electron chi connectivity index (χ1n) is 11.6. The number of nitrogens with one attached hydrogen (secondary N) is 1. The van der Waals surface area contributed by atoms with E-state index in [1.807, 2.05) is 42.5 Å². The van der Waals surface area contributed by atoms with E-state index in [4.69, 9.17) is 9.15 Å². The van der Waals surface area contributed by atoms with E-state index in [1.165, 1.54) is 4.31 Å². The van der Waals surface area contributed by atoms with E-state index in [-0.39, 0.29) is 29.7 Å². The third-order valence-corrected chi connectivity index (χ3v) is 7.98. The molecule has 1 aromatic heterocycles. The molecule has 1 fully saturated rings. The van der Waals surface area contributed by atoms with Crippen LogP contribution in [0.2, 0.25) is 0 Å². The summed E-state index contributed by atoms with van der Waals surface area (Å²) in [7, 11) is -3.44. The maximum absolute atomic E-state index is 12.6. The summed E-state index contributed by atoms with van der Waals surface area (Å²) in [6.45, 7) is 1.60. The molecule has 1 saturated heterocycles. The molecule has 0 spiro atoms. The molecule has 180 valence electrons. The molecular formula is C27H26N2O5S. The van der Waals surface area contributed by atoms with Crippen LogP contribution in [0.15, 0.2) is 88.2 Å². The first-order chi connectivity index (χ1) is 17.0. The fraction of sp³-hybridized carbons (Fsp3) is 0.222. The van der Waals surface area contributed by atoms with E-state index < -0.39 is 10.0 Å². The molecule has 2 heterocycles. The number of carbonyl (C=O) groups excluding carboxylic acids is 1. The van der Waals surface area contributed by atoms with Crippen molar-refractivity contribution < 1.29 is 22.4 Å². The van der Waals surface area contributed by atoms with E-state index in [1.54, 1.807) is 36.4 Å². The van der Waals surface area contributed by atoms with Gasteiger partial charge in [0.1, 0.15) is 18.1 Å². The Hall–Kier alpha value is -3.62. The summed E-state index contributed by atoms with van der Waals surface area (Å²) in [4.78, 5) is 12.8. The lowest BCUT2D eigenvalue weighted by molar-refractivity contribution is 0.0919. The maximum atomic E-state index is 12.6. The molecule has 5 rings (SSSR count). The van der Waals surface area contributed by atoms with Crippen LogP contribution in [-0.4, -0.2) is 31.7 Å². The van der Waals surface area contributed by atoms with Crippen LogP contribution >= 0.6 is 0 Å². The van der Waals surface area contributed by atoms with Crippen LogP contribution in [0.4, 0.5) is 0 Å². The zero-order valence-corrected chi connectivity index (χ0v) is 20.0. The Labute approximate surface area is 204 Å². The first kappa shape index (κ1) is 23.1. The molecule has 1 aliphatic rings. The normalized spacial score (nSPS) is 14.3. The van der Waals surface area contributed by atoms with E-state index in [9.17, 15) is 13.2 Å². The predicted molar refractivity (Wildman–Crippen MR) is 133 cm³/mol. The summed E-state index contributed by atoms with van der Waals surface area (Å²) in [6, 6.07) is 23.8. The van der Waals surface area contributed by atoms with E-state index in [2.05, 4.69) is 5.32 Å². The van der Waals surface area contributed by atoms with Crippen molar-refractivity contribution in [2.24, 2.45) is 0 Å². The van der Waals surface area contributed by atoms with Crippen LogP contribution in [0.25, 0.3) is 10.8 Å². The van der Waals surface area contributed by atoms with E-state index in [0.29, 0.717) is 18.8 Å². The molecule has 4 aromatic rings. The van der Waals surface area contributed by atoms with Gasteiger partial charge in [-0.05, 0) is 65.6 Å². The highest BCUT2D eigenvalue weighted by atomic mass is 32.2. The van der Waals surface area contributed by atoms with Gasteiger partial charge in [-0.3, -0.25) is 4.79 Å². The molecule has 0 radical (unpaired) electrons. The number of amides is 1. The second kappa shape index (κ2) is 9.93. The summed E-state index contributed by atoms with van der Waals surface area (Å²) in [6.07, 6.45) is 1.79. The Morgan fingerprint density at radius 3 is 2.43 bits per heavy atom. The molecule has 1 N–H and O–H groups in total. The number of fused-ring (bicyclic) bond motifs is 1. The highest BCUT2D eigenvalue weighted by molar-refractivity contribution is 7.89. The summed E-state index contributed by atoms with van der Waals surface area (Å²) in [5, 5.41) is 5.03. The molecule has 35 heavy (non-hydrogen) atoms. The monoisotopic (exact) mass is 490 g/mol. The predicted octanol–water partition coefficient (Wildman–Crippen LogP) is 4.73. The lowest BCUT2D eigenvalue weighted by Crippen LogP contribution is -2.27. The van der Waals surface area contributed by atoms with Crippen LogP contribution in [0.5, 0.6) is 5.75 Å². The Kier molecular flexibility index (Phi) is 6.57. The van der Waals surface area contributed by atoms with Gasteiger partial charge in [-0.1, -0.05) is 42.5 Å². The average Bonchev–Trinajstić information content (AvgIpc) is 3.59. The highest BCUT2D eigenvalue weighted by Gasteiger charge is 2.26. The number of benzene rings is 3. The molecule has 0 aliphatic carbocycles. The molecule has 0 bridgehead atoms. The molecule has 1 amide bonds. The minimum absolute atomic E-state index is 0.190. The lowest BCUT2D eigenvalue weighted by atomic mass is 10.1. The minimum atomic E-state index is -3.44. The number of nitrogens with zero attached hydrogens (tertiary/aromatic N) is 1. The number of hydrogen-bond donors (Lipinski definition) is 1. The summed E-state index contributed by atoms with van der Waals surface area (Å²) < 4.78 is 38.2. The number of hydrogen-bond acceptors (Lipinski definition) is 5. The Morgan fingerprint density at radius 2 is 1.66 bits per heavy atom. The van der Waals surface area contributed by atoms with Crippen molar-refractivity contribution >= 4 is 26.7 Å². The lowest BCUT2D eigenvalue weighted by Gasteiger charge is -2.15. The number of rotatable bonds is 8. The molecule has 1 aliphatic heterocycles. The van der Waals surface area contributed by atoms with Crippen LogP contribution in [0, 0.1) is 0 Å². The van der Waals surface area contributed by atoms with Crippen molar-refractivity contribution in [1.29, 1.82) is 0 Å². The third-order valence-electron chi connectivity index (χ3n) is 6.07. The van der Waals surface area contributed by atoms with Crippen LogP contribution in [-0.2, 0) is 23.2 Å². The molecule has 3 aromatic carbocycles. The standard InChI is InChI=1S/C27H26N2O5S/c30-27(28-18-20-7-12-25(13-8-20)35(31,32)29-15-3-4-16-29)26-14-11-24(34-26)19-33-23-10-9-21-5-1-2-6-22(21)17-23/h1-2,5-14,17H,3-4,15-16,18-19H2,(H,28,30). The van der Waals surface area contributed by atoms with Gasteiger partial charge in [0.15, 0.2) is 5.76 Å². The SMILES string of the molecule is O=C(NCc1ccc(S(=O)(=O)N2CCCC2)cc1)c1ccc(COc2ccc3ccccc3c2)o1. The number of ether oxygens (including phenoxy) is 1. The molecule has 0 saturated carbocycles. The smallest absolute Gasteiger partial charge is 0.287 e. The van der Waals surface area contributed by atoms with Crippen LogP contribution in [0.1, 0.15) is 34.7 Å². The van der Waals surface area contributed by atoms with Crippen molar-refractivity contribution in [3.8, 4) is 5.75 Å². The number of furan rings is 1. The summed E-state index contributed by atoms with van der Waals surface area (Å²) in [5.41, 5.74) is 0.796. The summed E-state index contributed by atoms with van der Waals surface area (Å²) >= 11 is 0. The van der Waals surface area contributed by atoms with Crippen molar-refractivity contribution in [3.05, 3.63) is 95.9 Å². The highest BCUT2D eigenvalue weighted by Crippen LogP contribution is 2.23. The van der Waals surface area contributed by atoms with Crippen molar-refractivity contribution in [2.45, 2.75) is 30.9 Å². The van der Waals surface area contributed by atoms with Gasteiger partial charge in [-0.15, -0.1) is 0 Å². The molecular weight excluding hydrogens is 464 g/mol. The van der Waals surface area contributed by atoms with Gasteiger partial charge in [0, 0.05) is 19.6 Å². The topological polar surface area (TPSA) is 88.9 Å². The van der Waals surface area contributed by atoms with Gasteiger partial charge in [0.25, 0.3) is 5.91 Å². The van der Waals surface area contributed by atoms with Crippen molar-refractivity contribution in [1.82, 2.24) is 9.62 Å². The number of carbonyl (C=O) groups is 1. The van der Waals surface area contributed by atoms with Gasteiger partial charge >= 0.3 is 0 Å². The zero-order chi connectivity index (χ0) is 24.3. The third kappa shape index (κ3) is 5.23. The average molecular weight is 491 g/mol. The Morgan fingerprint density at radius 1 is 0.914 bits per heavy atom. The Balaban J connectivity index is 1.14. The molecule has 0 unspecified atom stereocenters. The van der Waals surface area contributed by atoms with Gasteiger partial charge in [-0.2, -0.15) is 4.31 Å². The minimum Gasteiger partial charge on any atom is -0.486 e. The maximum Gasteiger partial charge on any atom is 0.287 e. The van der Waals surface area contributed by atoms with Crippen LogP contribution < -0.4 is 10.1 Å². The second-order valence-electron chi connectivity index (χ2n) is 8.50. The van der Waals surface area contributed by atoms with Gasteiger partial charge in [0.05, 0.1) is 4.90 Å². The van der Waals surface area contributed by atoms with Crippen molar-refractivity contribution in [3.63, 3.8) is 0 Å². The fourth-order valence-electron chi connectivity index (χ4n) is 4.12. The van der Waals surface area contributed by atoms with Gasteiger partial charge in [-0.25, -0.2) is 8.42 Å². The van der Waals surface area contributed by atoms with Crippen molar-refractivity contribution in [2.75, 3.05) is 13.1 Å². The van der Waals surface area contributed by atoms with E-state index >= 15 is 0 Å². The molecule has 7 nitrogen and oxygen atoms in total. The van der Waals surface area contributed by atoms with E-state index in [0.717, 1.165) is 34.9 Å². The summed E-state index contributed by atoms with van der Waals surface area (Å²) in [5.74, 6) is 1.10. The quantitative estimate of drug-likeness (QED) is 0.386. The fourth-order valence-corrected chi connectivity index (χ4v) is 5.63. The zero-order valence-electron chi connectivity index (χ0n) is 19.1. The second-order valence-corrected chi connectivity index (χ2v) is 10.4. The van der Waals surface area contributed by atoms with Crippen LogP contribution in [0.3, 0.4) is 0 Å². The van der Waals surface area contributed by atoms with Gasteiger partial charge in [0.2, 0.25) is 10.0 Å². The van der Waals surface area contributed by atoms with Gasteiger partial charge < -0.3 is 14.5 Å². The largest absolute Gasteiger partial charge is 0.486 e. The Bertz CT molecular complexity index is 1440. The molecule has 8 heteroatoms. The first-order valence-corrected chi connectivity index (χ1v) is 13.0. The number of sulfonamides is 1.